The van der Waals surface area contributed by atoms with E-state index in [4.69, 9.17) is 11.6 Å². The summed E-state index contributed by atoms with van der Waals surface area (Å²) in [5.41, 5.74) is 0.978. The maximum atomic E-state index is 11.4. The summed E-state index contributed by atoms with van der Waals surface area (Å²) in [6, 6.07) is 13.7. The molecule has 0 bridgehead atoms. The van der Waals surface area contributed by atoms with E-state index in [-0.39, 0.29) is 5.56 Å². The van der Waals surface area contributed by atoms with Gasteiger partial charge in [-0.1, -0.05) is 48.5 Å². The van der Waals surface area contributed by atoms with Gasteiger partial charge in [-0.25, -0.2) is 0 Å². The summed E-state index contributed by atoms with van der Waals surface area (Å²) in [5.74, 6) is 0. The van der Waals surface area contributed by atoms with Crippen LogP contribution in [0.5, 0.6) is 0 Å². The van der Waals surface area contributed by atoms with Crippen LogP contribution in [0.3, 0.4) is 0 Å². The molecule has 0 aliphatic heterocycles. The minimum absolute atomic E-state index is 0.162. The van der Waals surface area contributed by atoms with Crippen LogP contribution >= 0.6 is 11.6 Å². The smallest absolute Gasteiger partial charge is 0.263 e. The molecule has 96 valence electrons. The summed E-state index contributed by atoms with van der Waals surface area (Å²) in [7, 11) is 0. The van der Waals surface area contributed by atoms with Crippen LogP contribution in [-0.2, 0) is 0 Å². The molecule has 0 fully saturated rings. The molecule has 0 amide bonds. The summed E-state index contributed by atoms with van der Waals surface area (Å²) in [5, 5.41) is 10.6. The van der Waals surface area contributed by atoms with Gasteiger partial charge >= 0.3 is 0 Å². The summed E-state index contributed by atoms with van der Waals surface area (Å²) in [6.07, 6.45) is 0. The van der Waals surface area contributed by atoms with Crippen LogP contribution in [0.15, 0.2) is 54.6 Å². The highest BCUT2D eigenvalue weighted by Gasteiger charge is 2.28. The zero-order chi connectivity index (χ0) is 13.8. The summed E-state index contributed by atoms with van der Waals surface area (Å²) >= 11 is 5.48. The number of hydrogen-bond acceptors (Lipinski definition) is 3. The molecule has 0 aliphatic carbocycles. The molecule has 4 nitrogen and oxygen atoms in total. The van der Waals surface area contributed by atoms with Crippen molar-refractivity contribution in [3.8, 4) is 0 Å². The first-order chi connectivity index (χ1) is 9.11. The maximum Gasteiger partial charge on any atom is 0.263 e. The van der Waals surface area contributed by atoms with Crippen LogP contribution in [0.2, 0.25) is 0 Å². The summed E-state index contributed by atoms with van der Waals surface area (Å²) in [6.45, 7) is 0. The van der Waals surface area contributed by atoms with Gasteiger partial charge in [-0.15, -0.1) is 0 Å². The average molecular weight is 276 g/mol. The van der Waals surface area contributed by atoms with E-state index in [0.717, 1.165) is 0 Å². The second kappa shape index (κ2) is 5.63. The van der Waals surface area contributed by atoms with Crippen molar-refractivity contribution in [2.45, 2.75) is 6.04 Å². The Morgan fingerprint density at radius 1 is 1.05 bits per heavy atom. The molecule has 0 aromatic heterocycles. The first-order valence-corrected chi connectivity index (χ1v) is 5.96. The highest BCUT2D eigenvalue weighted by molar-refractivity contribution is 6.67. The molecule has 1 unspecified atom stereocenters. The number of carbonyl (C=O) groups excluding carboxylic acids is 1. The first kappa shape index (κ1) is 13.2. The van der Waals surface area contributed by atoms with Gasteiger partial charge in [-0.3, -0.25) is 14.9 Å². The normalized spacial score (nSPS) is 11.8. The predicted molar refractivity (Wildman–Crippen MR) is 71.9 cm³/mol. The van der Waals surface area contributed by atoms with E-state index in [1.165, 1.54) is 6.07 Å². The van der Waals surface area contributed by atoms with Crippen LogP contribution in [0, 0.1) is 10.1 Å². The highest BCUT2D eigenvalue weighted by Crippen LogP contribution is 2.28. The largest absolute Gasteiger partial charge is 0.276 e. The molecule has 0 heterocycles. The van der Waals surface area contributed by atoms with E-state index in [9.17, 15) is 14.9 Å². The zero-order valence-corrected chi connectivity index (χ0v) is 10.6. The van der Waals surface area contributed by atoms with E-state index in [1.54, 1.807) is 48.5 Å². The molecular formula is C14H10ClNO3. The van der Waals surface area contributed by atoms with Crippen LogP contribution in [0.25, 0.3) is 0 Å². The van der Waals surface area contributed by atoms with Crippen molar-refractivity contribution in [1.29, 1.82) is 0 Å². The second-order valence-electron chi connectivity index (χ2n) is 3.96. The van der Waals surface area contributed by atoms with Crippen molar-refractivity contribution in [3.05, 3.63) is 81.4 Å². The molecule has 2 aromatic carbocycles. The second-order valence-corrected chi connectivity index (χ2v) is 4.30. The molecule has 2 aromatic rings. The van der Waals surface area contributed by atoms with Crippen molar-refractivity contribution >= 4 is 16.8 Å². The van der Waals surface area contributed by atoms with Crippen molar-refractivity contribution in [1.82, 2.24) is 0 Å². The molecule has 1 atom stereocenters. The van der Waals surface area contributed by atoms with Gasteiger partial charge in [0.2, 0.25) is 0 Å². The lowest BCUT2D eigenvalue weighted by molar-refractivity contribution is -0.517. The lowest BCUT2D eigenvalue weighted by Gasteiger charge is -2.12. The van der Waals surface area contributed by atoms with Crippen molar-refractivity contribution in [3.63, 3.8) is 0 Å². The fourth-order valence-electron chi connectivity index (χ4n) is 1.96. The molecule has 0 aliphatic rings. The maximum absolute atomic E-state index is 11.4. The third-order valence-electron chi connectivity index (χ3n) is 2.79. The van der Waals surface area contributed by atoms with E-state index < -0.39 is 16.2 Å². The summed E-state index contributed by atoms with van der Waals surface area (Å²) < 4.78 is 0. The third-order valence-corrected chi connectivity index (χ3v) is 3.00. The SMILES string of the molecule is O=C(Cl)c1ccccc1C(c1ccccc1)[N+](=O)[O-]. The molecular weight excluding hydrogens is 266 g/mol. The van der Waals surface area contributed by atoms with Crippen molar-refractivity contribution in [2.24, 2.45) is 0 Å². The molecule has 0 N–H and O–H groups in total. The van der Waals surface area contributed by atoms with Gasteiger partial charge in [0, 0.05) is 21.6 Å². The minimum atomic E-state index is -1.10. The molecule has 0 saturated heterocycles. The van der Waals surface area contributed by atoms with E-state index in [0.29, 0.717) is 11.1 Å². The minimum Gasteiger partial charge on any atom is -0.276 e. The topological polar surface area (TPSA) is 60.2 Å². The van der Waals surface area contributed by atoms with Crippen LogP contribution in [-0.4, -0.2) is 10.2 Å². The predicted octanol–water partition coefficient (Wildman–Crippen LogP) is 3.43. The number of rotatable bonds is 4. The molecule has 0 spiro atoms. The van der Waals surface area contributed by atoms with Crippen molar-refractivity contribution in [2.75, 3.05) is 0 Å². The monoisotopic (exact) mass is 275 g/mol. The van der Waals surface area contributed by atoms with Gasteiger partial charge in [0.15, 0.2) is 0 Å². The number of carbonyl (C=O) groups is 1. The number of hydrogen-bond donors (Lipinski definition) is 0. The first-order valence-electron chi connectivity index (χ1n) is 5.58. The van der Waals surface area contributed by atoms with E-state index in [2.05, 4.69) is 0 Å². The van der Waals surface area contributed by atoms with Gasteiger partial charge in [0.25, 0.3) is 11.3 Å². The van der Waals surface area contributed by atoms with Crippen LogP contribution < -0.4 is 0 Å². The molecule has 2 rings (SSSR count). The Labute approximate surface area is 114 Å². The number of halogens is 1. The lowest BCUT2D eigenvalue weighted by Crippen LogP contribution is -2.15. The number of nitrogens with zero attached hydrogens (tertiary/aromatic N) is 1. The van der Waals surface area contributed by atoms with Crippen molar-refractivity contribution < 1.29 is 9.72 Å². The number of nitro groups is 1. The standard InChI is InChI=1S/C14H10ClNO3/c15-14(17)12-9-5-4-8-11(12)13(16(18)19)10-6-2-1-3-7-10/h1-9,13H. The average Bonchev–Trinajstić information content (AvgIpc) is 2.40. The molecule has 0 radical (unpaired) electrons. The fraction of sp³-hybridized carbons (Fsp3) is 0.0714. The van der Waals surface area contributed by atoms with Gasteiger partial charge in [0.05, 0.1) is 0 Å². The van der Waals surface area contributed by atoms with Gasteiger partial charge < -0.3 is 0 Å². The Balaban J connectivity index is 2.59. The Morgan fingerprint density at radius 3 is 2.21 bits per heavy atom. The quantitative estimate of drug-likeness (QED) is 0.488. The molecule has 19 heavy (non-hydrogen) atoms. The van der Waals surface area contributed by atoms with Gasteiger partial charge in [-0.2, -0.15) is 0 Å². The Hall–Kier alpha value is -2.20. The van der Waals surface area contributed by atoms with Crippen LogP contribution in [0.4, 0.5) is 0 Å². The van der Waals surface area contributed by atoms with E-state index in [1.807, 2.05) is 0 Å². The lowest BCUT2D eigenvalue weighted by atomic mass is 9.95. The fourth-order valence-corrected chi connectivity index (χ4v) is 2.14. The molecule has 0 saturated carbocycles. The molecule has 5 heteroatoms. The highest BCUT2D eigenvalue weighted by atomic mass is 35.5. The van der Waals surface area contributed by atoms with Gasteiger partial charge in [-0.05, 0) is 17.7 Å². The Kier molecular flexibility index (Phi) is 3.92. The van der Waals surface area contributed by atoms with Crippen LogP contribution in [0.1, 0.15) is 27.5 Å². The Morgan fingerprint density at radius 2 is 1.63 bits per heavy atom. The third kappa shape index (κ3) is 2.80. The van der Waals surface area contributed by atoms with Gasteiger partial charge in [0.1, 0.15) is 0 Å². The van der Waals surface area contributed by atoms with E-state index >= 15 is 0 Å². The summed E-state index contributed by atoms with van der Waals surface area (Å²) in [4.78, 5) is 22.3. The number of benzene rings is 2. The zero-order valence-electron chi connectivity index (χ0n) is 9.82. The Bertz CT molecular complexity index is 613.